The van der Waals surface area contributed by atoms with Crippen molar-refractivity contribution in [1.29, 1.82) is 0 Å². The topological polar surface area (TPSA) is 84.9 Å². The molecule has 0 spiro atoms. The summed E-state index contributed by atoms with van der Waals surface area (Å²) in [5, 5.41) is 2.74. The van der Waals surface area contributed by atoms with Crippen LogP contribution >= 0.6 is 0 Å². The van der Waals surface area contributed by atoms with Crippen LogP contribution in [0.4, 0.5) is 5.69 Å². The molecule has 0 heterocycles. The van der Waals surface area contributed by atoms with Gasteiger partial charge in [0.15, 0.2) is 11.5 Å². The van der Waals surface area contributed by atoms with Crippen molar-refractivity contribution in [3.05, 3.63) is 18.2 Å². The average Bonchev–Trinajstić information content (AvgIpc) is 2.41. The van der Waals surface area contributed by atoms with E-state index in [1.54, 1.807) is 12.1 Å². The molecule has 0 bridgehead atoms. The summed E-state index contributed by atoms with van der Waals surface area (Å²) in [6.45, 7) is 5.16. The molecule has 1 aromatic carbocycles. The quantitative estimate of drug-likeness (QED) is 0.843. The van der Waals surface area contributed by atoms with E-state index in [2.05, 4.69) is 5.32 Å². The highest BCUT2D eigenvalue weighted by molar-refractivity contribution is 7.92. The third-order valence-electron chi connectivity index (χ3n) is 2.86. The average molecular weight is 344 g/mol. The maximum atomic E-state index is 12.1. The number of anilines is 1. The monoisotopic (exact) mass is 344 g/mol. The molecule has 7 nitrogen and oxygen atoms in total. The summed E-state index contributed by atoms with van der Waals surface area (Å²) in [5.74, 6) is 0.469. The van der Waals surface area contributed by atoms with E-state index in [0.29, 0.717) is 17.2 Å². The Kier molecular flexibility index (Phi) is 5.87. The Morgan fingerprint density at radius 1 is 1.17 bits per heavy atom. The van der Waals surface area contributed by atoms with Crippen LogP contribution in [-0.4, -0.2) is 46.9 Å². The molecule has 0 atom stereocenters. The zero-order valence-corrected chi connectivity index (χ0v) is 15.2. The minimum Gasteiger partial charge on any atom is -0.493 e. The molecule has 0 saturated carbocycles. The predicted octanol–water partition coefficient (Wildman–Crippen LogP) is 1.38. The van der Waals surface area contributed by atoms with Crippen LogP contribution in [0.3, 0.4) is 0 Å². The maximum absolute atomic E-state index is 12.1. The van der Waals surface area contributed by atoms with E-state index in [1.807, 2.05) is 20.8 Å². The first kappa shape index (κ1) is 19.1. The lowest BCUT2D eigenvalue weighted by molar-refractivity contribution is -0.121. The van der Waals surface area contributed by atoms with E-state index in [4.69, 9.17) is 9.47 Å². The number of sulfonamides is 1. The fourth-order valence-electron chi connectivity index (χ4n) is 1.97. The molecule has 0 aliphatic rings. The van der Waals surface area contributed by atoms with Gasteiger partial charge in [-0.1, -0.05) is 0 Å². The lowest BCUT2D eigenvalue weighted by Gasteiger charge is -2.26. The number of hydrogen-bond acceptors (Lipinski definition) is 5. The minimum absolute atomic E-state index is 0.314. The molecule has 1 N–H and O–H groups in total. The number of nitrogens with zero attached hydrogens (tertiary/aromatic N) is 1. The third kappa shape index (κ3) is 5.63. The first-order valence-corrected chi connectivity index (χ1v) is 8.83. The zero-order chi connectivity index (χ0) is 17.8. The van der Waals surface area contributed by atoms with E-state index >= 15 is 0 Å². The first-order valence-electron chi connectivity index (χ1n) is 6.98. The number of benzene rings is 1. The molecule has 0 radical (unpaired) electrons. The number of carbonyl (C=O) groups is 1. The number of amides is 1. The summed E-state index contributed by atoms with van der Waals surface area (Å²) in [7, 11) is -0.691. The fraction of sp³-hybridized carbons (Fsp3) is 0.533. The Bertz CT molecular complexity index is 665. The summed E-state index contributed by atoms with van der Waals surface area (Å²) >= 11 is 0. The van der Waals surface area contributed by atoms with Crippen LogP contribution in [0.15, 0.2) is 18.2 Å². The van der Waals surface area contributed by atoms with Gasteiger partial charge in [0, 0.05) is 11.6 Å². The van der Waals surface area contributed by atoms with Gasteiger partial charge in [-0.3, -0.25) is 9.10 Å². The van der Waals surface area contributed by atoms with Gasteiger partial charge in [-0.25, -0.2) is 8.42 Å². The highest BCUT2D eigenvalue weighted by Gasteiger charge is 2.24. The second-order valence-corrected chi connectivity index (χ2v) is 8.01. The zero-order valence-electron chi connectivity index (χ0n) is 14.3. The van der Waals surface area contributed by atoms with Crippen LogP contribution in [0.1, 0.15) is 20.8 Å². The summed E-state index contributed by atoms with van der Waals surface area (Å²) in [6, 6.07) is 4.67. The molecule has 0 aliphatic carbocycles. The number of carbonyl (C=O) groups excluding carboxylic acids is 1. The van der Waals surface area contributed by atoms with Gasteiger partial charge in [0.1, 0.15) is 6.54 Å². The molecule has 1 aromatic rings. The highest BCUT2D eigenvalue weighted by Crippen LogP contribution is 2.32. The van der Waals surface area contributed by atoms with Gasteiger partial charge in [0.2, 0.25) is 15.9 Å². The molecule has 1 amide bonds. The Morgan fingerprint density at radius 3 is 2.17 bits per heavy atom. The standard InChI is InChI=1S/C15H24N2O5S/c1-15(2,3)16-14(18)10-17(23(6,19)20)11-7-8-12(21-4)13(9-11)22-5/h7-9H,10H2,1-6H3,(H,16,18). The van der Waals surface area contributed by atoms with Crippen molar-refractivity contribution in [3.8, 4) is 11.5 Å². The van der Waals surface area contributed by atoms with Crippen LogP contribution < -0.4 is 19.1 Å². The number of ether oxygens (including phenoxy) is 2. The van der Waals surface area contributed by atoms with Crippen molar-refractivity contribution in [3.63, 3.8) is 0 Å². The van der Waals surface area contributed by atoms with Crippen molar-refractivity contribution in [2.75, 3.05) is 31.3 Å². The molecular weight excluding hydrogens is 320 g/mol. The summed E-state index contributed by atoms with van der Waals surface area (Å²) < 4.78 is 35.5. The Labute approximate surface area is 137 Å². The number of hydrogen-bond donors (Lipinski definition) is 1. The van der Waals surface area contributed by atoms with Gasteiger partial charge in [-0.15, -0.1) is 0 Å². The molecule has 0 unspecified atom stereocenters. The normalized spacial score (nSPS) is 11.7. The molecule has 8 heteroatoms. The van der Waals surface area contributed by atoms with Gasteiger partial charge in [0.25, 0.3) is 0 Å². The maximum Gasteiger partial charge on any atom is 0.241 e. The predicted molar refractivity (Wildman–Crippen MR) is 89.6 cm³/mol. The number of methoxy groups -OCH3 is 2. The number of rotatable bonds is 6. The van der Waals surface area contributed by atoms with Crippen LogP contribution in [0.2, 0.25) is 0 Å². The summed E-state index contributed by atoms with van der Waals surface area (Å²) in [4.78, 5) is 12.1. The van der Waals surface area contributed by atoms with Gasteiger partial charge in [0.05, 0.1) is 26.2 Å². The third-order valence-corrected chi connectivity index (χ3v) is 4.00. The van der Waals surface area contributed by atoms with E-state index in [9.17, 15) is 13.2 Å². The van der Waals surface area contributed by atoms with Crippen molar-refractivity contribution < 1.29 is 22.7 Å². The van der Waals surface area contributed by atoms with Crippen molar-refractivity contribution in [2.45, 2.75) is 26.3 Å². The van der Waals surface area contributed by atoms with Gasteiger partial charge in [-0.2, -0.15) is 0 Å². The molecule has 1 rings (SSSR count). The summed E-state index contributed by atoms with van der Waals surface area (Å²) in [5.41, 5.74) is -0.119. The van der Waals surface area contributed by atoms with Crippen molar-refractivity contribution in [2.24, 2.45) is 0 Å². The van der Waals surface area contributed by atoms with Crippen molar-refractivity contribution >= 4 is 21.6 Å². The number of nitrogens with one attached hydrogen (secondary N) is 1. The van der Waals surface area contributed by atoms with E-state index < -0.39 is 21.5 Å². The Morgan fingerprint density at radius 2 is 1.74 bits per heavy atom. The highest BCUT2D eigenvalue weighted by atomic mass is 32.2. The Balaban J connectivity index is 3.16. The van der Waals surface area contributed by atoms with Crippen LogP contribution in [0.5, 0.6) is 11.5 Å². The van der Waals surface area contributed by atoms with Crippen LogP contribution in [0.25, 0.3) is 0 Å². The van der Waals surface area contributed by atoms with Crippen LogP contribution in [-0.2, 0) is 14.8 Å². The van der Waals surface area contributed by atoms with E-state index in [0.717, 1.165) is 10.6 Å². The largest absolute Gasteiger partial charge is 0.493 e. The van der Waals surface area contributed by atoms with E-state index in [1.165, 1.54) is 20.3 Å². The molecule has 0 aromatic heterocycles. The molecule has 0 saturated heterocycles. The van der Waals surface area contributed by atoms with E-state index in [-0.39, 0.29) is 6.54 Å². The summed E-state index contributed by atoms with van der Waals surface area (Å²) in [6.07, 6.45) is 1.05. The van der Waals surface area contributed by atoms with Gasteiger partial charge in [-0.05, 0) is 32.9 Å². The smallest absolute Gasteiger partial charge is 0.241 e. The first-order chi connectivity index (χ1) is 10.5. The fourth-order valence-corrected chi connectivity index (χ4v) is 2.82. The second kappa shape index (κ2) is 7.08. The SMILES string of the molecule is COc1ccc(N(CC(=O)NC(C)(C)C)S(C)(=O)=O)cc1OC. The van der Waals surface area contributed by atoms with Crippen LogP contribution in [0, 0.1) is 0 Å². The molecule has 0 aliphatic heterocycles. The second-order valence-electron chi connectivity index (χ2n) is 6.11. The molecule has 130 valence electrons. The van der Waals surface area contributed by atoms with Gasteiger partial charge >= 0.3 is 0 Å². The Hall–Kier alpha value is -1.96. The molecular formula is C15H24N2O5S. The van der Waals surface area contributed by atoms with Gasteiger partial charge < -0.3 is 14.8 Å². The minimum atomic E-state index is -3.64. The lowest BCUT2D eigenvalue weighted by atomic mass is 10.1. The molecule has 0 fully saturated rings. The lowest BCUT2D eigenvalue weighted by Crippen LogP contribution is -2.47. The van der Waals surface area contributed by atoms with Crippen molar-refractivity contribution in [1.82, 2.24) is 5.32 Å². The molecule has 23 heavy (non-hydrogen) atoms.